The van der Waals surface area contributed by atoms with Crippen LogP contribution in [0.5, 0.6) is 11.5 Å². The first-order valence-electron chi connectivity index (χ1n) is 8.67. The van der Waals surface area contributed by atoms with Crippen molar-refractivity contribution in [2.45, 2.75) is 6.92 Å². The summed E-state index contributed by atoms with van der Waals surface area (Å²) in [7, 11) is 0. The van der Waals surface area contributed by atoms with Crippen molar-refractivity contribution in [3.63, 3.8) is 0 Å². The Morgan fingerprint density at radius 2 is 1.82 bits per heavy atom. The number of aromatic carboxylic acids is 1. The zero-order valence-corrected chi connectivity index (χ0v) is 15.2. The first kappa shape index (κ1) is 19.2. The van der Waals surface area contributed by atoms with E-state index in [1.807, 2.05) is 0 Å². The number of hydrogen-bond acceptors (Lipinski definition) is 6. The molecular formula is C19H19N3O6. The summed E-state index contributed by atoms with van der Waals surface area (Å²) in [6, 6.07) is 9.19. The van der Waals surface area contributed by atoms with E-state index in [1.54, 1.807) is 25.1 Å². The smallest absolute Gasteiger partial charge is 0.354 e. The third-order valence-electron chi connectivity index (χ3n) is 4.02. The van der Waals surface area contributed by atoms with Crippen LogP contribution in [0, 0.1) is 0 Å². The standard InChI is InChI=1S/C19H19N3O6/c1-2-22(18(24)13-4-3-5-14(21-13)19(25)26)11-17(23)20-12-6-7-15-16(10-12)28-9-8-27-15/h3-7,10H,2,8-9,11H2,1H3,(H,20,23)(H,25,26). The number of likely N-dealkylation sites (N-methyl/N-ethyl adjacent to an activating group) is 1. The molecule has 146 valence electrons. The number of anilines is 1. The van der Waals surface area contributed by atoms with Gasteiger partial charge in [0, 0.05) is 18.3 Å². The predicted octanol–water partition coefficient (Wildman–Crippen LogP) is 1.65. The Bertz CT molecular complexity index is 914. The van der Waals surface area contributed by atoms with Gasteiger partial charge in [0.05, 0.1) is 0 Å². The predicted molar refractivity (Wildman–Crippen MR) is 98.8 cm³/mol. The van der Waals surface area contributed by atoms with Crippen molar-refractivity contribution < 1.29 is 29.0 Å². The molecule has 1 aromatic heterocycles. The van der Waals surface area contributed by atoms with Crippen molar-refractivity contribution in [3.05, 3.63) is 47.8 Å². The fraction of sp³-hybridized carbons (Fsp3) is 0.263. The molecule has 1 aliphatic rings. The Morgan fingerprint density at radius 3 is 2.54 bits per heavy atom. The Hall–Kier alpha value is -3.62. The molecule has 0 saturated heterocycles. The molecule has 0 atom stereocenters. The van der Waals surface area contributed by atoms with Crippen molar-refractivity contribution in [2.75, 3.05) is 31.6 Å². The zero-order valence-electron chi connectivity index (χ0n) is 15.2. The molecule has 2 N–H and O–H groups in total. The number of benzene rings is 1. The summed E-state index contributed by atoms with van der Waals surface area (Å²) in [5.41, 5.74) is 0.250. The van der Waals surface area contributed by atoms with Crippen LogP contribution in [-0.2, 0) is 4.79 Å². The van der Waals surface area contributed by atoms with Crippen LogP contribution < -0.4 is 14.8 Å². The molecule has 0 radical (unpaired) electrons. The van der Waals surface area contributed by atoms with E-state index in [-0.39, 0.29) is 24.5 Å². The first-order valence-corrected chi connectivity index (χ1v) is 8.67. The molecule has 2 heterocycles. The highest BCUT2D eigenvalue weighted by atomic mass is 16.6. The first-order chi connectivity index (χ1) is 13.5. The quantitative estimate of drug-likeness (QED) is 0.776. The van der Waals surface area contributed by atoms with Gasteiger partial charge in [-0.3, -0.25) is 9.59 Å². The fourth-order valence-corrected chi connectivity index (χ4v) is 2.66. The van der Waals surface area contributed by atoms with Gasteiger partial charge in [-0.05, 0) is 31.2 Å². The second-order valence-electron chi connectivity index (χ2n) is 5.94. The van der Waals surface area contributed by atoms with Crippen LogP contribution in [0.2, 0.25) is 0 Å². The van der Waals surface area contributed by atoms with E-state index in [1.165, 1.54) is 23.1 Å². The minimum absolute atomic E-state index is 0.0334. The molecule has 2 aromatic rings. The molecular weight excluding hydrogens is 366 g/mol. The zero-order chi connectivity index (χ0) is 20.1. The number of pyridine rings is 1. The average Bonchev–Trinajstić information content (AvgIpc) is 2.71. The van der Waals surface area contributed by atoms with Crippen molar-refractivity contribution in [3.8, 4) is 11.5 Å². The second kappa shape index (κ2) is 8.38. The minimum atomic E-state index is -1.23. The Morgan fingerprint density at radius 1 is 1.11 bits per heavy atom. The maximum absolute atomic E-state index is 12.6. The molecule has 0 bridgehead atoms. The Kier molecular flexibility index (Phi) is 5.73. The van der Waals surface area contributed by atoms with Gasteiger partial charge in [0.2, 0.25) is 5.91 Å². The molecule has 9 nitrogen and oxygen atoms in total. The monoisotopic (exact) mass is 385 g/mol. The summed E-state index contributed by atoms with van der Waals surface area (Å²) in [5, 5.41) is 11.7. The van der Waals surface area contributed by atoms with Gasteiger partial charge in [-0.15, -0.1) is 0 Å². The van der Waals surface area contributed by atoms with Crippen LogP contribution in [0.25, 0.3) is 0 Å². The number of aromatic nitrogens is 1. The number of carbonyl (C=O) groups is 3. The van der Waals surface area contributed by atoms with Gasteiger partial charge in [-0.1, -0.05) is 6.07 Å². The lowest BCUT2D eigenvalue weighted by atomic mass is 10.2. The van der Waals surface area contributed by atoms with E-state index >= 15 is 0 Å². The van der Waals surface area contributed by atoms with Crippen LogP contribution >= 0.6 is 0 Å². The molecule has 0 aliphatic carbocycles. The number of carboxylic acid groups (broad SMARTS) is 1. The van der Waals surface area contributed by atoms with Gasteiger partial charge in [0.1, 0.15) is 31.1 Å². The minimum Gasteiger partial charge on any atom is -0.486 e. The molecule has 2 amide bonds. The lowest BCUT2D eigenvalue weighted by molar-refractivity contribution is -0.116. The SMILES string of the molecule is CCN(CC(=O)Nc1ccc2c(c1)OCCO2)C(=O)c1cccc(C(=O)O)n1. The normalized spacial score (nSPS) is 12.2. The molecule has 0 saturated carbocycles. The number of carbonyl (C=O) groups excluding carboxylic acids is 2. The molecule has 1 aliphatic heterocycles. The molecule has 28 heavy (non-hydrogen) atoms. The summed E-state index contributed by atoms with van der Waals surface area (Å²) in [4.78, 5) is 41.1. The fourth-order valence-electron chi connectivity index (χ4n) is 2.66. The van der Waals surface area contributed by atoms with Gasteiger partial charge in [-0.2, -0.15) is 0 Å². The lowest BCUT2D eigenvalue weighted by Gasteiger charge is -2.21. The highest BCUT2D eigenvalue weighted by molar-refractivity contribution is 5.99. The van der Waals surface area contributed by atoms with Crippen molar-refractivity contribution in [2.24, 2.45) is 0 Å². The Labute approximate surface area is 160 Å². The van der Waals surface area contributed by atoms with Gasteiger partial charge >= 0.3 is 5.97 Å². The number of hydrogen-bond donors (Lipinski definition) is 2. The number of carboxylic acids is 1. The molecule has 0 unspecified atom stereocenters. The highest BCUT2D eigenvalue weighted by Crippen LogP contribution is 2.32. The van der Waals surface area contributed by atoms with E-state index in [9.17, 15) is 14.4 Å². The summed E-state index contributed by atoms with van der Waals surface area (Å²) in [6.45, 7) is 2.68. The highest BCUT2D eigenvalue weighted by Gasteiger charge is 2.20. The van der Waals surface area contributed by atoms with E-state index in [2.05, 4.69) is 10.3 Å². The summed E-state index contributed by atoms with van der Waals surface area (Å²) in [6.07, 6.45) is 0. The number of rotatable bonds is 6. The molecule has 3 rings (SSSR count). The van der Waals surface area contributed by atoms with Crippen molar-refractivity contribution in [1.29, 1.82) is 0 Å². The van der Waals surface area contributed by atoms with Gasteiger partial charge in [0.25, 0.3) is 5.91 Å². The van der Waals surface area contributed by atoms with Crippen LogP contribution in [0.4, 0.5) is 5.69 Å². The number of amides is 2. The van der Waals surface area contributed by atoms with Gasteiger partial charge < -0.3 is 24.8 Å². The number of ether oxygens (including phenoxy) is 2. The second-order valence-corrected chi connectivity index (χ2v) is 5.94. The molecule has 0 fully saturated rings. The summed E-state index contributed by atoms with van der Waals surface area (Å²) in [5.74, 6) is -1.00. The average molecular weight is 385 g/mol. The van der Waals surface area contributed by atoms with Crippen LogP contribution in [-0.4, -0.2) is 59.1 Å². The third kappa shape index (κ3) is 4.37. The van der Waals surface area contributed by atoms with E-state index in [0.717, 1.165) is 0 Å². The van der Waals surface area contributed by atoms with Gasteiger partial charge in [0.15, 0.2) is 11.5 Å². The van der Waals surface area contributed by atoms with Gasteiger partial charge in [-0.25, -0.2) is 9.78 Å². The summed E-state index contributed by atoms with van der Waals surface area (Å²) < 4.78 is 10.9. The van der Waals surface area contributed by atoms with Crippen LogP contribution in [0.3, 0.4) is 0 Å². The third-order valence-corrected chi connectivity index (χ3v) is 4.02. The lowest BCUT2D eigenvalue weighted by Crippen LogP contribution is -2.38. The van der Waals surface area contributed by atoms with Crippen molar-refractivity contribution >= 4 is 23.5 Å². The number of fused-ring (bicyclic) bond motifs is 1. The molecule has 0 spiro atoms. The Balaban J connectivity index is 1.67. The number of nitrogens with one attached hydrogen (secondary N) is 1. The van der Waals surface area contributed by atoms with Crippen LogP contribution in [0.15, 0.2) is 36.4 Å². The van der Waals surface area contributed by atoms with Crippen molar-refractivity contribution in [1.82, 2.24) is 9.88 Å². The van der Waals surface area contributed by atoms with E-state index in [0.29, 0.717) is 30.4 Å². The topological polar surface area (TPSA) is 118 Å². The van der Waals surface area contributed by atoms with E-state index < -0.39 is 17.8 Å². The maximum Gasteiger partial charge on any atom is 0.354 e. The largest absolute Gasteiger partial charge is 0.486 e. The van der Waals surface area contributed by atoms with Crippen LogP contribution in [0.1, 0.15) is 27.9 Å². The van der Waals surface area contributed by atoms with E-state index in [4.69, 9.17) is 14.6 Å². The maximum atomic E-state index is 12.6. The molecule has 9 heteroatoms. The molecule has 1 aromatic carbocycles. The summed E-state index contributed by atoms with van der Waals surface area (Å²) >= 11 is 0. The number of nitrogens with zero attached hydrogens (tertiary/aromatic N) is 2.